The molecule has 0 saturated carbocycles. The number of hydrogen-bond acceptors (Lipinski definition) is 5. The molecular weight excluding hydrogens is 258 g/mol. The summed E-state index contributed by atoms with van der Waals surface area (Å²) >= 11 is 7.46. The van der Waals surface area contributed by atoms with Gasteiger partial charge in [0.15, 0.2) is 10.9 Å². The number of thiophene rings is 1. The Kier molecular flexibility index (Phi) is 2.62. The van der Waals surface area contributed by atoms with Crippen LogP contribution in [0, 0.1) is 0 Å². The molecule has 0 N–H and O–H groups in total. The molecule has 0 atom stereocenters. The van der Waals surface area contributed by atoms with Gasteiger partial charge in [0, 0.05) is 6.20 Å². The van der Waals surface area contributed by atoms with Gasteiger partial charge in [0.2, 0.25) is 5.88 Å². The van der Waals surface area contributed by atoms with Crippen molar-refractivity contribution in [2.75, 3.05) is 0 Å². The summed E-state index contributed by atoms with van der Waals surface area (Å²) in [5.41, 5.74) is 0. The van der Waals surface area contributed by atoms with Gasteiger partial charge in [-0.1, -0.05) is 11.6 Å². The number of nitrogens with zero attached hydrogens (tertiary/aromatic N) is 3. The fraction of sp³-hybridized carbons (Fsp3) is 0. The Hall–Kier alpha value is -1.72. The SMILES string of the molecule is Clc1ncccc1Oc1ncnc2sccc12. The van der Waals surface area contributed by atoms with Gasteiger partial charge in [0.05, 0.1) is 5.39 Å². The van der Waals surface area contributed by atoms with Crippen molar-refractivity contribution in [1.82, 2.24) is 15.0 Å². The number of ether oxygens (including phenoxy) is 1. The lowest BCUT2D eigenvalue weighted by molar-refractivity contribution is 0.466. The molecular formula is C11H6ClN3OS. The van der Waals surface area contributed by atoms with E-state index in [4.69, 9.17) is 16.3 Å². The molecule has 3 rings (SSSR count). The third-order valence-electron chi connectivity index (χ3n) is 2.16. The largest absolute Gasteiger partial charge is 0.435 e. The molecule has 0 aromatic carbocycles. The van der Waals surface area contributed by atoms with Crippen LogP contribution in [0.2, 0.25) is 5.15 Å². The minimum Gasteiger partial charge on any atom is -0.435 e. The number of aromatic nitrogens is 3. The Balaban J connectivity index is 2.06. The zero-order chi connectivity index (χ0) is 11.7. The van der Waals surface area contributed by atoms with E-state index in [0.717, 1.165) is 10.2 Å². The van der Waals surface area contributed by atoms with Crippen LogP contribution in [0.5, 0.6) is 11.6 Å². The van der Waals surface area contributed by atoms with Gasteiger partial charge in [-0.3, -0.25) is 0 Å². The molecule has 0 spiro atoms. The number of halogens is 1. The number of pyridine rings is 1. The number of fused-ring (bicyclic) bond motifs is 1. The van der Waals surface area contributed by atoms with Crippen molar-refractivity contribution in [3.63, 3.8) is 0 Å². The Morgan fingerprint density at radius 2 is 2.12 bits per heavy atom. The van der Waals surface area contributed by atoms with Gasteiger partial charge in [0.25, 0.3) is 0 Å². The molecule has 0 aliphatic heterocycles. The molecule has 84 valence electrons. The fourth-order valence-corrected chi connectivity index (χ4v) is 2.28. The summed E-state index contributed by atoms with van der Waals surface area (Å²) in [7, 11) is 0. The van der Waals surface area contributed by atoms with Crippen LogP contribution in [-0.2, 0) is 0 Å². The molecule has 4 nitrogen and oxygen atoms in total. The van der Waals surface area contributed by atoms with Crippen molar-refractivity contribution in [1.29, 1.82) is 0 Å². The average molecular weight is 264 g/mol. The molecule has 17 heavy (non-hydrogen) atoms. The second-order valence-corrected chi connectivity index (χ2v) is 4.47. The van der Waals surface area contributed by atoms with Crippen LogP contribution >= 0.6 is 22.9 Å². The fourth-order valence-electron chi connectivity index (χ4n) is 1.40. The molecule has 0 unspecified atom stereocenters. The van der Waals surface area contributed by atoms with E-state index in [0.29, 0.717) is 16.8 Å². The third kappa shape index (κ3) is 1.94. The second-order valence-electron chi connectivity index (χ2n) is 3.21. The molecule has 3 aromatic rings. The maximum Gasteiger partial charge on any atom is 0.231 e. The van der Waals surface area contributed by atoms with Crippen molar-refractivity contribution < 1.29 is 4.74 Å². The molecule has 0 aliphatic rings. The van der Waals surface area contributed by atoms with Crippen molar-refractivity contribution in [3.8, 4) is 11.6 Å². The van der Waals surface area contributed by atoms with E-state index in [1.165, 1.54) is 17.7 Å². The number of hydrogen-bond donors (Lipinski definition) is 0. The van der Waals surface area contributed by atoms with Gasteiger partial charge < -0.3 is 4.74 Å². The van der Waals surface area contributed by atoms with E-state index < -0.39 is 0 Å². The average Bonchev–Trinajstić information content (AvgIpc) is 2.81. The van der Waals surface area contributed by atoms with Gasteiger partial charge in [-0.25, -0.2) is 15.0 Å². The highest BCUT2D eigenvalue weighted by molar-refractivity contribution is 7.16. The van der Waals surface area contributed by atoms with E-state index in [-0.39, 0.29) is 0 Å². The molecule has 0 aliphatic carbocycles. The van der Waals surface area contributed by atoms with E-state index in [2.05, 4.69) is 15.0 Å². The highest BCUT2D eigenvalue weighted by atomic mass is 35.5. The number of rotatable bonds is 2. The molecule has 0 radical (unpaired) electrons. The summed E-state index contributed by atoms with van der Waals surface area (Å²) in [5, 5.41) is 3.13. The molecule has 3 heterocycles. The molecule has 6 heteroatoms. The maximum atomic E-state index is 5.92. The van der Waals surface area contributed by atoms with Crippen molar-refractivity contribution in [2.45, 2.75) is 0 Å². The quantitative estimate of drug-likeness (QED) is 0.664. The normalized spacial score (nSPS) is 10.6. The van der Waals surface area contributed by atoms with Gasteiger partial charge in [-0.2, -0.15) is 0 Å². The summed E-state index contributed by atoms with van der Waals surface area (Å²) in [6.45, 7) is 0. The Morgan fingerprint density at radius 3 is 3.00 bits per heavy atom. The van der Waals surface area contributed by atoms with Crippen molar-refractivity contribution >= 4 is 33.2 Å². The maximum absolute atomic E-state index is 5.92. The van der Waals surface area contributed by atoms with Crippen LogP contribution in [0.1, 0.15) is 0 Å². The minimum atomic E-state index is 0.314. The first-order valence-corrected chi connectivity index (χ1v) is 6.07. The summed E-state index contributed by atoms with van der Waals surface area (Å²) in [5.74, 6) is 0.978. The Morgan fingerprint density at radius 1 is 1.18 bits per heavy atom. The smallest absolute Gasteiger partial charge is 0.231 e. The van der Waals surface area contributed by atoms with Gasteiger partial charge >= 0.3 is 0 Å². The highest BCUT2D eigenvalue weighted by Gasteiger charge is 2.09. The molecule has 3 aromatic heterocycles. The Bertz CT molecular complexity index is 670. The summed E-state index contributed by atoms with van der Waals surface area (Å²) < 4.78 is 5.64. The van der Waals surface area contributed by atoms with Gasteiger partial charge in [0.1, 0.15) is 11.2 Å². The lowest BCUT2D eigenvalue weighted by Gasteiger charge is -2.05. The molecule has 0 saturated heterocycles. The highest BCUT2D eigenvalue weighted by Crippen LogP contribution is 2.31. The minimum absolute atomic E-state index is 0.314. The second kappa shape index (κ2) is 4.27. The first kappa shape index (κ1) is 10.4. The zero-order valence-corrected chi connectivity index (χ0v) is 10.1. The van der Waals surface area contributed by atoms with Crippen LogP contribution in [-0.4, -0.2) is 15.0 Å². The Labute approximate surface area is 106 Å². The lowest BCUT2D eigenvalue weighted by atomic mass is 10.4. The predicted molar refractivity (Wildman–Crippen MR) is 66.7 cm³/mol. The topological polar surface area (TPSA) is 47.9 Å². The summed E-state index contributed by atoms with van der Waals surface area (Å²) in [6, 6.07) is 5.42. The molecule has 0 fully saturated rings. The van der Waals surface area contributed by atoms with Crippen LogP contribution in [0.15, 0.2) is 36.1 Å². The standard InChI is InChI=1S/C11H6ClN3OS/c12-9-8(2-1-4-13-9)16-10-7-3-5-17-11(7)15-6-14-10/h1-6H. The van der Waals surface area contributed by atoms with E-state index in [1.54, 1.807) is 18.3 Å². The van der Waals surface area contributed by atoms with Gasteiger partial charge in [-0.15, -0.1) is 11.3 Å². The first-order valence-electron chi connectivity index (χ1n) is 4.81. The predicted octanol–water partition coefficient (Wildman–Crippen LogP) is 3.53. The van der Waals surface area contributed by atoms with Crippen molar-refractivity contribution in [2.24, 2.45) is 0 Å². The monoisotopic (exact) mass is 263 g/mol. The van der Waals surface area contributed by atoms with Crippen LogP contribution in [0.3, 0.4) is 0 Å². The third-order valence-corrected chi connectivity index (χ3v) is 3.26. The van der Waals surface area contributed by atoms with Crippen molar-refractivity contribution in [3.05, 3.63) is 41.3 Å². The van der Waals surface area contributed by atoms with E-state index >= 15 is 0 Å². The van der Waals surface area contributed by atoms with E-state index in [1.807, 2.05) is 11.4 Å². The van der Waals surface area contributed by atoms with Crippen LogP contribution in [0.25, 0.3) is 10.2 Å². The van der Waals surface area contributed by atoms with Crippen LogP contribution < -0.4 is 4.74 Å². The summed E-state index contributed by atoms with van der Waals surface area (Å²) in [4.78, 5) is 13.1. The lowest BCUT2D eigenvalue weighted by Crippen LogP contribution is -1.90. The first-order chi connectivity index (χ1) is 8.34. The molecule has 0 bridgehead atoms. The van der Waals surface area contributed by atoms with Crippen LogP contribution in [0.4, 0.5) is 0 Å². The summed E-state index contributed by atoms with van der Waals surface area (Å²) in [6.07, 6.45) is 3.08. The van der Waals surface area contributed by atoms with Gasteiger partial charge in [-0.05, 0) is 23.6 Å². The molecule has 0 amide bonds. The zero-order valence-electron chi connectivity index (χ0n) is 8.50. The van der Waals surface area contributed by atoms with E-state index in [9.17, 15) is 0 Å².